The van der Waals surface area contributed by atoms with Crippen LogP contribution in [-0.4, -0.2) is 0 Å². The molecular weight excluding hydrogens is 289 g/mol. The van der Waals surface area contributed by atoms with E-state index in [-0.39, 0.29) is 0 Å². The fourth-order valence-electron chi connectivity index (χ4n) is 0.0454. The molecule has 0 aromatic carbocycles. The monoisotopic (exact) mass is 288 g/mol. The van der Waals surface area contributed by atoms with Crippen LogP contribution in [0.3, 0.4) is 0 Å². The van der Waals surface area contributed by atoms with Gasteiger partial charge in [-0.25, -0.2) is 50.0 Å². The maximum Gasteiger partial charge on any atom is -0.0882 e. The highest BCUT2D eigenvalue weighted by molar-refractivity contribution is 9.30. The molecule has 0 N–H and O–H groups in total. The van der Waals surface area contributed by atoms with Crippen LogP contribution >= 0.6 is 0 Å². The standard InChI is InChI=1S/S9/c1-7(2)9(5,6)8(3)4/q-2. The molecule has 0 amide bonds. The van der Waals surface area contributed by atoms with Gasteiger partial charge in [-0.2, -0.15) is 0 Å². The highest BCUT2D eigenvalue weighted by Crippen LogP contribution is 1.93. The molecule has 0 radical (unpaired) electrons. The Morgan fingerprint density at radius 1 is 0.778 bits per heavy atom. The third kappa shape index (κ3) is 3.52. The van der Waals surface area contributed by atoms with Crippen molar-refractivity contribution in [3.05, 3.63) is 0 Å². The summed E-state index contributed by atoms with van der Waals surface area (Å²) in [6, 6.07) is 0. The minimum atomic E-state index is -1.83. The molecule has 0 nitrogen and oxygen atoms in total. The van der Waals surface area contributed by atoms with E-state index < -0.39 is 19.3 Å². The Morgan fingerprint density at radius 3 is 1.00 bits per heavy atom. The number of hydrogen-bond acceptors (Lipinski definition) is 8. The van der Waals surface area contributed by atoms with Crippen molar-refractivity contribution in [1.82, 2.24) is 0 Å². The summed E-state index contributed by atoms with van der Waals surface area (Å²) in [4.78, 5) is 0. The molecule has 0 fully saturated rings. The van der Waals surface area contributed by atoms with E-state index in [0.29, 0.717) is 0 Å². The van der Waals surface area contributed by atoms with E-state index >= 15 is 0 Å². The highest BCUT2D eigenvalue weighted by Gasteiger charge is 1.70. The Morgan fingerprint density at radius 2 is 1.00 bits per heavy atom. The SMILES string of the molecule is S=[S-](=S)S(=S)(=S)[S-](=S)=S. The summed E-state index contributed by atoms with van der Waals surface area (Å²) in [5.41, 5.74) is 0. The van der Waals surface area contributed by atoms with Gasteiger partial charge in [0.15, 0.2) is 0 Å². The second kappa shape index (κ2) is 4.41. The summed E-state index contributed by atoms with van der Waals surface area (Å²) >= 11 is 28.7. The van der Waals surface area contributed by atoms with Crippen LogP contribution in [-0.2, 0) is 86.4 Å². The van der Waals surface area contributed by atoms with Crippen LogP contribution in [0.2, 0.25) is 0 Å². The summed E-state index contributed by atoms with van der Waals surface area (Å²) in [5, 5.41) is -1.83. The maximum atomic E-state index is 4.90. The van der Waals surface area contributed by atoms with E-state index in [2.05, 4.69) is 0 Å². The van der Waals surface area contributed by atoms with Crippen molar-refractivity contribution in [2.24, 2.45) is 0 Å². The van der Waals surface area contributed by atoms with Crippen molar-refractivity contribution in [2.75, 3.05) is 0 Å². The van der Waals surface area contributed by atoms with Crippen molar-refractivity contribution in [3.63, 3.8) is 0 Å². The molecule has 0 aliphatic heterocycles. The lowest BCUT2D eigenvalue weighted by Crippen LogP contribution is -1.93. The Hall–Kier alpha value is 2.37. The lowest BCUT2D eigenvalue weighted by molar-refractivity contribution is 5.43. The molecule has 0 spiro atoms. The summed E-state index contributed by atoms with van der Waals surface area (Å²) in [5.74, 6) is 0. The smallest absolute Gasteiger partial charge is 0.0882 e. The maximum absolute atomic E-state index is 4.90. The topological polar surface area (TPSA) is 0 Å². The minimum Gasteiger partial charge on any atom is -0.299 e. The second-order valence-corrected chi connectivity index (χ2v) is 22.0. The first-order chi connectivity index (χ1) is 3.89. The molecule has 0 heterocycles. The van der Waals surface area contributed by atoms with Gasteiger partial charge < -0.3 is 0 Å². The summed E-state index contributed by atoms with van der Waals surface area (Å²) < 4.78 is 0. The fraction of sp³-hybridized carbons (Fsp3) is 0. The van der Waals surface area contributed by atoms with Crippen molar-refractivity contribution in [1.29, 1.82) is 0 Å². The van der Waals surface area contributed by atoms with Gasteiger partial charge in [-0.05, 0) is 0 Å². The van der Waals surface area contributed by atoms with Crippen molar-refractivity contribution in [2.45, 2.75) is 0 Å². The highest BCUT2D eigenvalue weighted by atomic mass is 34.0. The van der Waals surface area contributed by atoms with Gasteiger partial charge in [0, 0.05) is 0 Å². The average molecular weight is 289 g/mol. The minimum absolute atomic E-state index is 0.772. The van der Waals surface area contributed by atoms with Gasteiger partial charge in [-0.15, -0.1) is 0 Å². The third-order valence-corrected chi connectivity index (χ3v) is 27.0. The largest absolute Gasteiger partial charge is 0.299 e. The van der Waals surface area contributed by atoms with Crippen LogP contribution in [0.25, 0.3) is 0 Å². The summed E-state index contributed by atoms with van der Waals surface area (Å²) in [6.07, 6.45) is 0. The predicted octanol–water partition coefficient (Wildman–Crippen LogP) is -0.0216. The van der Waals surface area contributed by atoms with Crippen molar-refractivity contribution < 1.29 is 0 Å². The summed E-state index contributed by atoms with van der Waals surface area (Å²) in [7, 11) is -1.54. The van der Waals surface area contributed by atoms with Crippen molar-refractivity contribution >= 4 is 86.4 Å². The second-order valence-electron chi connectivity index (χ2n) is 0.816. The van der Waals surface area contributed by atoms with Crippen LogP contribution in [0.1, 0.15) is 0 Å². The van der Waals surface area contributed by atoms with Gasteiger partial charge >= 0.3 is 0 Å². The Balaban J connectivity index is 5.39. The molecule has 9 heteroatoms. The van der Waals surface area contributed by atoms with Gasteiger partial charge in [0.2, 0.25) is 0 Å². The van der Waals surface area contributed by atoms with Crippen LogP contribution in [0, 0.1) is 0 Å². The molecule has 0 saturated heterocycles. The van der Waals surface area contributed by atoms with Gasteiger partial charge in [0.05, 0.1) is 0 Å². The fourth-order valence-corrected chi connectivity index (χ4v) is 11.0. The molecule has 0 atom stereocenters. The zero-order chi connectivity index (χ0) is 7.65. The van der Waals surface area contributed by atoms with E-state index in [0.717, 1.165) is 0 Å². The first-order valence-electron chi connectivity index (χ1n) is 1.33. The molecule has 0 bridgehead atoms. The summed E-state index contributed by atoms with van der Waals surface area (Å²) in [6.45, 7) is 0. The normalized spacial score (nSPS) is 12.7. The lowest BCUT2D eigenvalue weighted by Gasteiger charge is -2.18. The van der Waals surface area contributed by atoms with Crippen LogP contribution in [0.5, 0.6) is 0 Å². The molecule has 9 heavy (non-hydrogen) atoms. The van der Waals surface area contributed by atoms with E-state index in [1.807, 2.05) is 0 Å². The Bertz CT molecular complexity index is 269. The molecule has 56 valence electrons. The van der Waals surface area contributed by atoms with E-state index in [9.17, 15) is 0 Å². The molecule has 0 aromatic rings. The quantitative estimate of drug-likeness (QED) is 0.514. The Kier molecular flexibility index (Phi) is 5.57. The van der Waals surface area contributed by atoms with E-state index in [1.165, 1.54) is 0 Å². The average Bonchev–Trinajstić information content (AvgIpc) is 1.65. The molecule has 0 aliphatic carbocycles. The molecular formula is S9-2. The third-order valence-electron chi connectivity index (χ3n) is 0.333. The number of rotatable bonds is 2. The van der Waals surface area contributed by atoms with Gasteiger partial charge in [0.25, 0.3) is 0 Å². The zero-order valence-corrected chi connectivity index (χ0v) is 11.0. The molecule has 0 saturated carbocycles. The van der Waals surface area contributed by atoms with Gasteiger partial charge in [-0.1, -0.05) is 22.4 Å². The van der Waals surface area contributed by atoms with Crippen LogP contribution in [0.4, 0.5) is 0 Å². The molecule has 0 unspecified atom stereocenters. The van der Waals surface area contributed by atoms with Crippen LogP contribution in [0.15, 0.2) is 0 Å². The molecule has 0 rings (SSSR count). The lowest BCUT2D eigenvalue weighted by atomic mass is 30.1. The van der Waals surface area contributed by atoms with Crippen LogP contribution < -0.4 is 0 Å². The number of hydrogen-bond donors (Lipinski definition) is 0. The van der Waals surface area contributed by atoms with Gasteiger partial charge in [0.1, 0.15) is 0 Å². The van der Waals surface area contributed by atoms with Crippen molar-refractivity contribution in [3.8, 4) is 0 Å². The van der Waals surface area contributed by atoms with Gasteiger partial charge in [-0.3, -0.25) is 14.1 Å². The Labute approximate surface area is 85.1 Å². The first-order valence-corrected chi connectivity index (χ1v) is 12.0. The van der Waals surface area contributed by atoms with E-state index in [1.54, 1.807) is 0 Å². The first kappa shape index (κ1) is 11.4. The van der Waals surface area contributed by atoms with E-state index in [4.69, 9.17) is 67.1 Å². The zero-order valence-electron chi connectivity index (χ0n) is 3.67. The predicted molar refractivity (Wildman–Crippen MR) is 66.3 cm³/mol. The molecule has 0 aliphatic rings. The molecule has 0 aromatic heterocycles.